The molecule has 1 rings (SSSR count). The third kappa shape index (κ3) is 2.53. The summed E-state index contributed by atoms with van der Waals surface area (Å²) < 4.78 is 13.5. The van der Waals surface area contributed by atoms with Crippen molar-refractivity contribution in [3.05, 3.63) is 46.8 Å². The van der Waals surface area contributed by atoms with E-state index in [1.807, 2.05) is 0 Å². The number of ketones is 1. The van der Waals surface area contributed by atoms with Crippen LogP contribution in [0, 0.1) is 19.7 Å². The fourth-order valence-electron chi connectivity index (χ4n) is 1.32. The standard InChI is InChI=1S/C12H11FO3/c1-7-3-4-9(8(2)12(7)13)10(14)5-6-11(15)16/h3-6H,1-2H3,(H,15,16). The van der Waals surface area contributed by atoms with Crippen LogP contribution in [0.15, 0.2) is 24.3 Å². The van der Waals surface area contributed by atoms with Gasteiger partial charge in [-0.3, -0.25) is 4.79 Å². The number of aliphatic carboxylic acids is 1. The van der Waals surface area contributed by atoms with Gasteiger partial charge in [0.15, 0.2) is 5.78 Å². The predicted octanol–water partition coefficient (Wildman–Crippen LogP) is 2.27. The number of allylic oxidation sites excluding steroid dienone is 1. The molecule has 4 heteroatoms. The first-order valence-corrected chi connectivity index (χ1v) is 4.64. The lowest BCUT2D eigenvalue weighted by molar-refractivity contribution is -0.131. The zero-order valence-corrected chi connectivity index (χ0v) is 8.95. The molecule has 1 aromatic carbocycles. The molecule has 0 heterocycles. The second-order valence-corrected chi connectivity index (χ2v) is 3.40. The van der Waals surface area contributed by atoms with Gasteiger partial charge in [0.1, 0.15) is 5.82 Å². The molecular formula is C12H11FO3. The van der Waals surface area contributed by atoms with Crippen molar-refractivity contribution in [3.63, 3.8) is 0 Å². The number of rotatable bonds is 3. The highest BCUT2D eigenvalue weighted by atomic mass is 19.1. The zero-order chi connectivity index (χ0) is 12.3. The number of hydrogen-bond acceptors (Lipinski definition) is 2. The zero-order valence-electron chi connectivity index (χ0n) is 8.95. The Bertz CT molecular complexity index is 475. The molecule has 0 fully saturated rings. The monoisotopic (exact) mass is 222 g/mol. The Morgan fingerprint density at radius 1 is 1.25 bits per heavy atom. The SMILES string of the molecule is Cc1ccc(C(=O)C=CC(=O)O)c(C)c1F. The molecule has 0 bridgehead atoms. The molecule has 0 aliphatic heterocycles. The van der Waals surface area contributed by atoms with Crippen LogP contribution < -0.4 is 0 Å². The van der Waals surface area contributed by atoms with Crippen LogP contribution in [-0.4, -0.2) is 16.9 Å². The van der Waals surface area contributed by atoms with Crippen LogP contribution in [0.25, 0.3) is 0 Å². The molecule has 0 aliphatic rings. The molecule has 1 N–H and O–H groups in total. The van der Waals surface area contributed by atoms with Gasteiger partial charge in [0.2, 0.25) is 0 Å². The van der Waals surface area contributed by atoms with Gasteiger partial charge in [0, 0.05) is 11.6 Å². The third-order valence-electron chi connectivity index (χ3n) is 2.22. The van der Waals surface area contributed by atoms with Crippen molar-refractivity contribution in [2.75, 3.05) is 0 Å². The van der Waals surface area contributed by atoms with Gasteiger partial charge in [0.05, 0.1) is 0 Å². The number of benzene rings is 1. The van der Waals surface area contributed by atoms with Gasteiger partial charge in [-0.2, -0.15) is 0 Å². The summed E-state index contributed by atoms with van der Waals surface area (Å²) in [4.78, 5) is 21.7. The topological polar surface area (TPSA) is 54.4 Å². The van der Waals surface area contributed by atoms with E-state index >= 15 is 0 Å². The van der Waals surface area contributed by atoms with Gasteiger partial charge < -0.3 is 5.11 Å². The second kappa shape index (κ2) is 4.70. The quantitative estimate of drug-likeness (QED) is 0.630. The summed E-state index contributed by atoms with van der Waals surface area (Å²) in [6.07, 6.45) is 1.65. The molecule has 0 aliphatic carbocycles. The van der Waals surface area contributed by atoms with Crippen molar-refractivity contribution in [1.29, 1.82) is 0 Å². The number of carbonyl (C=O) groups excluding carboxylic acids is 1. The van der Waals surface area contributed by atoms with Crippen LogP contribution in [-0.2, 0) is 4.79 Å². The molecule has 1 aromatic rings. The van der Waals surface area contributed by atoms with Crippen molar-refractivity contribution in [2.45, 2.75) is 13.8 Å². The molecular weight excluding hydrogens is 211 g/mol. The Balaban J connectivity index is 3.11. The Morgan fingerprint density at radius 2 is 1.88 bits per heavy atom. The maximum atomic E-state index is 13.5. The molecule has 0 aromatic heterocycles. The van der Waals surface area contributed by atoms with Crippen molar-refractivity contribution in [1.82, 2.24) is 0 Å². The van der Waals surface area contributed by atoms with E-state index in [0.29, 0.717) is 5.56 Å². The molecule has 16 heavy (non-hydrogen) atoms. The molecule has 3 nitrogen and oxygen atoms in total. The summed E-state index contributed by atoms with van der Waals surface area (Å²) in [7, 11) is 0. The van der Waals surface area contributed by atoms with Gasteiger partial charge in [-0.15, -0.1) is 0 Å². The van der Waals surface area contributed by atoms with Crippen LogP contribution in [0.5, 0.6) is 0 Å². The van der Waals surface area contributed by atoms with Gasteiger partial charge in [-0.05, 0) is 31.1 Å². The fourth-order valence-corrected chi connectivity index (χ4v) is 1.32. The Hall–Kier alpha value is -1.97. The van der Waals surface area contributed by atoms with E-state index in [2.05, 4.69) is 0 Å². The highest BCUT2D eigenvalue weighted by Crippen LogP contribution is 2.17. The number of carboxylic acid groups (broad SMARTS) is 1. The van der Waals surface area contributed by atoms with Gasteiger partial charge in [-0.1, -0.05) is 12.1 Å². The van der Waals surface area contributed by atoms with E-state index in [1.165, 1.54) is 19.1 Å². The number of aryl methyl sites for hydroxylation is 1. The summed E-state index contributed by atoms with van der Waals surface area (Å²) >= 11 is 0. The molecule has 0 amide bonds. The van der Waals surface area contributed by atoms with Gasteiger partial charge >= 0.3 is 5.97 Å². The van der Waals surface area contributed by atoms with Crippen molar-refractivity contribution >= 4 is 11.8 Å². The summed E-state index contributed by atoms with van der Waals surface area (Å²) in [5.41, 5.74) is 0.872. The van der Waals surface area contributed by atoms with Crippen molar-refractivity contribution in [3.8, 4) is 0 Å². The summed E-state index contributed by atoms with van der Waals surface area (Å²) in [6.45, 7) is 3.09. The van der Waals surface area contributed by atoms with Crippen LogP contribution in [0.2, 0.25) is 0 Å². The number of carboxylic acids is 1. The average Bonchev–Trinajstić information content (AvgIpc) is 2.23. The molecule has 0 spiro atoms. The lowest BCUT2D eigenvalue weighted by Gasteiger charge is -2.05. The lowest BCUT2D eigenvalue weighted by atomic mass is 10.0. The van der Waals surface area contributed by atoms with Crippen molar-refractivity contribution in [2.24, 2.45) is 0 Å². The molecule has 0 saturated heterocycles. The van der Waals surface area contributed by atoms with E-state index in [0.717, 1.165) is 12.2 Å². The summed E-state index contributed by atoms with van der Waals surface area (Å²) in [5, 5.41) is 8.36. The molecule has 84 valence electrons. The number of carbonyl (C=O) groups is 2. The van der Waals surface area contributed by atoms with Crippen LogP contribution >= 0.6 is 0 Å². The third-order valence-corrected chi connectivity index (χ3v) is 2.22. The molecule has 0 unspecified atom stereocenters. The van der Waals surface area contributed by atoms with Crippen LogP contribution in [0.1, 0.15) is 21.5 Å². The number of hydrogen-bond donors (Lipinski definition) is 1. The first-order valence-electron chi connectivity index (χ1n) is 4.64. The average molecular weight is 222 g/mol. The first kappa shape index (κ1) is 12.1. The normalized spacial score (nSPS) is 10.7. The van der Waals surface area contributed by atoms with E-state index in [-0.39, 0.29) is 11.1 Å². The van der Waals surface area contributed by atoms with Crippen LogP contribution in [0.3, 0.4) is 0 Å². The van der Waals surface area contributed by atoms with Crippen LogP contribution in [0.4, 0.5) is 4.39 Å². The first-order chi connectivity index (χ1) is 7.43. The maximum absolute atomic E-state index is 13.5. The van der Waals surface area contributed by atoms with E-state index in [1.54, 1.807) is 6.92 Å². The Morgan fingerprint density at radius 3 is 2.44 bits per heavy atom. The van der Waals surface area contributed by atoms with E-state index < -0.39 is 17.6 Å². The van der Waals surface area contributed by atoms with E-state index in [4.69, 9.17) is 5.11 Å². The van der Waals surface area contributed by atoms with Gasteiger partial charge in [0.25, 0.3) is 0 Å². The fraction of sp³-hybridized carbons (Fsp3) is 0.167. The molecule has 0 saturated carbocycles. The molecule has 0 radical (unpaired) electrons. The van der Waals surface area contributed by atoms with Crippen molar-refractivity contribution < 1.29 is 19.1 Å². The minimum absolute atomic E-state index is 0.181. The Kier molecular flexibility index (Phi) is 3.55. The Labute approximate surface area is 92.2 Å². The summed E-state index contributed by atoms with van der Waals surface area (Å²) in [5.74, 6) is -2.16. The maximum Gasteiger partial charge on any atom is 0.328 e. The minimum atomic E-state index is -1.21. The second-order valence-electron chi connectivity index (χ2n) is 3.40. The molecule has 0 atom stereocenters. The van der Waals surface area contributed by atoms with Gasteiger partial charge in [-0.25, -0.2) is 9.18 Å². The summed E-state index contributed by atoms with van der Waals surface area (Å²) in [6, 6.07) is 2.98. The predicted molar refractivity (Wildman–Crippen MR) is 57.0 cm³/mol. The minimum Gasteiger partial charge on any atom is -0.478 e. The smallest absolute Gasteiger partial charge is 0.328 e. The van der Waals surface area contributed by atoms with E-state index in [9.17, 15) is 14.0 Å². The lowest BCUT2D eigenvalue weighted by Crippen LogP contribution is -2.02. The highest BCUT2D eigenvalue weighted by molar-refractivity contribution is 6.07. The number of halogens is 1. The largest absolute Gasteiger partial charge is 0.478 e. The highest BCUT2D eigenvalue weighted by Gasteiger charge is 2.11.